The fourth-order valence-electron chi connectivity index (χ4n) is 2.32. The molecule has 0 aliphatic carbocycles. The zero-order valence-corrected chi connectivity index (χ0v) is 14.9. The molecule has 114 valence electrons. The Hall–Kier alpha value is -0.580. The number of carbonyl (C=O) groups is 1. The summed E-state index contributed by atoms with van der Waals surface area (Å²) in [6.45, 7) is 0. The van der Waals surface area contributed by atoms with Crippen molar-refractivity contribution in [2.45, 2.75) is 5.37 Å². The maximum Gasteiger partial charge on any atom is 0.238 e. The molecule has 3 rings (SSSR count). The SMILES string of the molecule is O=C1CSC(c2cccc(Cl)c2Cl)N1c1cc(Cl)cc(Cl)c1. The number of nitrogens with zero attached hydrogens (tertiary/aromatic N) is 1. The van der Waals surface area contributed by atoms with Gasteiger partial charge in [-0.05, 0) is 24.3 Å². The average molecular weight is 393 g/mol. The minimum absolute atomic E-state index is 0.0237. The molecule has 22 heavy (non-hydrogen) atoms. The summed E-state index contributed by atoms with van der Waals surface area (Å²) in [6, 6.07) is 10.4. The molecule has 0 N–H and O–H groups in total. The van der Waals surface area contributed by atoms with Crippen LogP contribution in [0.4, 0.5) is 5.69 Å². The van der Waals surface area contributed by atoms with Gasteiger partial charge in [0.2, 0.25) is 5.91 Å². The fourth-order valence-corrected chi connectivity index (χ4v) is 4.52. The van der Waals surface area contributed by atoms with Crippen LogP contribution in [-0.4, -0.2) is 11.7 Å². The van der Waals surface area contributed by atoms with Gasteiger partial charge in [-0.3, -0.25) is 9.69 Å². The Labute approximate surface area is 152 Å². The molecule has 1 aliphatic heterocycles. The van der Waals surface area contributed by atoms with E-state index in [2.05, 4.69) is 0 Å². The van der Waals surface area contributed by atoms with Crippen molar-refractivity contribution >= 4 is 69.8 Å². The van der Waals surface area contributed by atoms with E-state index >= 15 is 0 Å². The van der Waals surface area contributed by atoms with Crippen LogP contribution in [0.2, 0.25) is 20.1 Å². The van der Waals surface area contributed by atoms with Gasteiger partial charge in [-0.1, -0.05) is 58.5 Å². The Morgan fingerprint density at radius 1 is 1.05 bits per heavy atom. The van der Waals surface area contributed by atoms with E-state index in [4.69, 9.17) is 46.4 Å². The normalized spacial score (nSPS) is 18.1. The van der Waals surface area contributed by atoms with Crippen LogP contribution in [-0.2, 0) is 4.79 Å². The molecule has 0 aromatic heterocycles. The Kier molecular flexibility index (Phi) is 4.81. The van der Waals surface area contributed by atoms with Gasteiger partial charge in [0.25, 0.3) is 0 Å². The third kappa shape index (κ3) is 3.06. The van der Waals surface area contributed by atoms with Crippen LogP contribution in [0.25, 0.3) is 0 Å². The zero-order chi connectivity index (χ0) is 15.9. The monoisotopic (exact) mass is 391 g/mol. The van der Waals surface area contributed by atoms with Crippen molar-refractivity contribution in [1.82, 2.24) is 0 Å². The highest BCUT2D eigenvalue weighted by Crippen LogP contribution is 2.46. The number of hydrogen-bond donors (Lipinski definition) is 0. The lowest BCUT2D eigenvalue weighted by molar-refractivity contribution is -0.115. The molecule has 1 fully saturated rings. The number of amides is 1. The van der Waals surface area contributed by atoms with Crippen molar-refractivity contribution in [2.75, 3.05) is 10.7 Å². The van der Waals surface area contributed by atoms with E-state index in [1.807, 2.05) is 12.1 Å². The van der Waals surface area contributed by atoms with Gasteiger partial charge in [0.15, 0.2) is 0 Å². The Bertz CT molecular complexity index is 732. The molecule has 2 aromatic carbocycles. The number of carbonyl (C=O) groups excluding carboxylic acids is 1. The van der Waals surface area contributed by atoms with Crippen molar-refractivity contribution in [1.29, 1.82) is 0 Å². The summed E-state index contributed by atoms with van der Waals surface area (Å²) in [6.07, 6.45) is 0. The summed E-state index contributed by atoms with van der Waals surface area (Å²) < 4.78 is 0. The third-order valence-corrected chi connectivity index (χ3v) is 5.70. The fraction of sp³-hybridized carbons (Fsp3) is 0.133. The van der Waals surface area contributed by atoms with E-state index in [1.165, 1.54) is 11.8 Å². The predicted octanol–water partition coefficient (Wildman–Crippen LogP) is 6.08. The minimum atomic E-state index is -0.256. The topological polar surface area (TPSA) is 20.3 Å². The van der Waals surface area contributed by atoms with Gasteiger partial charge in [0.05, 0.1) is 15.8 Å². The molecule has 2 nitrogen and oxygen atoms in total. The van der Waals surface area contributed by atoms with Crippen LogP contribution in [0.5, 0.6) is 0 Å². The second-order valence-corrected chi connectivity index (χ2v) is 7.42. The first-order chi connectivity index (χ1) is 10.5. The first-order valence-corrected chi connectivity index (χ1v) is 8.87. The Balaban J connectivity index is 2.08. The maximum atomic E-state index is 12.3. The number of rotatable bonds is 2. The van der Waals surface area contributed by atoms with E-state index in [-0.39, 0.29) is 11.3 Å². The molecule has 1 unspecified atom stereocenters. The van der Waals surface area contributed by atoms with Gasteiger partial charge in [0, 0.05) is 21.3 Å². The molecule has 2 aromatic rings. The van der Waals surface area contributed by atoms with Crippen LogP contribution in [0.15, 0.2) is 36.4 Å². The maximum absolute atomic E-state index is 12.3. The lowest BCUT2D eigenvalue weighted by atomic mass is 10.2. The van der Waals surface area contributed by atoms with Crippen LogP contribution in [0.1, 0.15) is 10.9 Å². The van der Waals surface area contributed by atoms with Crippen LogP contribution >= 0.6 is 58.2 Å². The van der Waals surface area contributed by atoms with Crippen molar-refractivity contribution in [3.05, 3.63) is 62.1 Å². The molecule has 7 heteroatoms. The molecule has 1 atom stereocenters. The second kappa shape index (κ2) is 6.50. The van der Waals surface area contributed by atoms with E-state index in [0.717, 1.165) is 5.56 Å². The number of benzene rings is 2. The number of halogens is 4. The molecule has 1 aliphatic rings. The van der Waals surface area contributed by atoms with Crippen molar-refractivity contribution < 1.29 is 4.79 Å². The zero-order valence-electron chi connectivity index (χ0n) is 11.0. The van der Waals surface area contributed by atoms with E-state index in [1.54, 1.807) is 29.2 Å². The molecular weight excluding hydrogens is 384 g/mol. The van der Waals surface area contributed by atoms with E-state index < -0.39 is 0 Å². The highest BCUT2D eigenvalue weighted by molar-refractivity contribution is 8.00. The Morgan fingerprint density at radius 3 is 2.41 bits per heavy atom. The van der Waals surface area contributed by atoms with Gasteiger partial charge >= 0.3 is 0 Å². The predicted molar refractivity (Wildman–Crippen MR) is 95.6 cm³/mol. The minimum Gasteiger partial charge on any atom is -0.295 e. The van der Waals surface area contributed by atoms with Crippen molar-refractivity contribution in [3.63, 3.8) is 0 Å². The molecule has 0 radical (unpaired) electrons. The van der Waals surface area contributed by atoms with Gasteiger partial charge in [-0.25, -0.2) is 0 Å². The summed E-state index contributed by atoms with van der Waals surface area (Å²) in [7, 11) is 0. The number of thioether (sulfide) groups is 1. The van der Waals surface area contributed by atoms with Gasteiger partial charge in [-0.2, -0.15) is 0 Å². The molecule has 1 heterocycles. The lowest BCUT2D eigenvalue weighted by Crippen LogP contribution is -2.28. The molecule has 0 bridgehead atoms. The van der Waals surface area contributed by atoms with Crippen molar-refractivity contribution in [3.8, 4) is 0 Å². The second-order valence-electron chi connectivity index (χ2n) is 4.70. The lowest BCUT2D eigenvalue weighted by Gasteiger charge is -2.25. The van der Waals surface area contributed by atoms with Crippen LogP contribution in [0, 0.1) is 0 Å². The summed E-state index contributed by atoms with van der Waals surface area (Å²) >= 11 is 26.0. The van der Waals surface area contributed by atoms with Crippen molar-refractivity contribution in [2.24, 2.45) is 0 Å². The molecular formula is C15H9Cl4NOS. The summed E-state index contributed by atoms with van der Waals surface area (Å²) in [5.41, 5.74) is 1.44. The standard InChI is InChI=1S/C15H9Cl4NOS/c16-8-4-9(17)6-10(5-8)20-13(21)7-22-15(20)11-2-1-3-12(18)14(11)19/h1-6,15H,7H2. The van der Waals surface area contributed by atoms with Crippen LogP contribution < -0.4 is 4.90 Å². The molecule has 1 amide bonds. The molecule has 0 spiro atoms. The number of anilines is 1. The van der Waals surface area contributed by atoms with E-state index in [9.17, 15) is 4.79 Å². The van der Waals surface area contributed by atoms with Crippen LogP contribution in [0.3, 0.4) is 0 Å². The van der Waals surface area contributed by atoms with Gasteiger partial charge < -0.3 is 0 Å². The summed E-state index contributed by atoms with van der Waals surface area (Å²) in [5, 5.41) is 1.61. The quantitative estimate of drug-likeness (QED) is 0.617. The first-order valence-electron chi connectivity index (χ1n) is 6.31. The summed E-state index contributed by atoms with van der Waals surface area (Å²) in [4.78, 5) is 14.0. The molecule has 1 saturated heterocycles. The van der Waals surface area contributed by atoms with Gasteiger partial charge in [0.1, 0.15) is 5.37 Å². The Morgan fingerprint density at radius 2 is 1.73 bits per heavy atom. The smallest absolute Gasteiger partial charge is 0.238 e. The largest absolute Gasteiger partial charge is 0.295 e. The van der Waals surface area contributed by atoms with Gasteiger partial charge in [-0.15, -0.1) is 11.8 Å². The first kappa shape index (κ1) is 16.3. The highest BCUT2D eigenvalue weighted by atomic mass is 35.5. The molecule has 0 saturated carbocycles. The average Bonchev–Trinajstić information content (AvgIpc) is 2.82. The summed E-state index contributed by atoms with van der Waals surface area (Å²) in [5.74, 6) is 0.335. The third-order valence-electron chi connectivity index (χ3n) is 3.24. The van der Waals surface area contributed by atoms with E-state index in [0.29, 0.717) is 31.5 Å². The highest BCUT2D eigenvalue weighted by Gasteiger charge is 2.35. The number of hydrogen-bond acceptors (Lipinski definition) is 2.